The van der Waals surface area contributed by atoms with E-state index in [9.17, 15) is 0 Å². The largest absolute Gasteiger partial charge is 0.333 e. The van der Waals surface area contributed by atoms with E-state index in [0.29, 0.717) is 6.04 Å². The van der Waals surface area contributed by atoms with Crippen molar-refractivity contribution in [3.63, 3.8) is 0 Å². The second kappa shape index (κ2) is 11.9. The fourth-order valence-corrected chi connectivity index (χ4v) is 8.42. The number of hydrogen-bond acceptors (Lipinski definition) is 1. The average molecular weight is 644 g/mol. The van der Waals surface area contributed by atoms with Crippen LogP contribution in [-0.2, 0) is 0 Å². The molecule has 3 heterocycles. The molecule has 3 aliphatic rings. The van der Waals surface area contributed by atoms with Crippen LogP contribution in [0.1, 0.15) is 43.2 Å². The topological polar surface area (TPSA) is 22.2 Å². The summed E-state index contributed by atoms with van der Waals surface area (Å²) in [5.74, 6) is 1.33. The Morgan fingerprint density at radius 2 is 1.34 bits per heavy atom. The second-order valence-electron chi connectivity index (χ2n) is 13.8. The van der Waals surface area contributed by atoms with Crippen LogP contribution in [0.15, 0.2) is 180 Å². The van der Waals surface area contributed by atoms with E-state index in [1.165, 1.54) is 65.9 Å². The van der Waals surface area contributed by atoms with Gasteiger partial charge in [0.1, 0.15) is 5.84 Å². The minimum Gasteiger partial charge on any atom is -0.333 e. The van der Waals surface area contributed by atoms with E-state index in [1.54, 1.807) is 0 Å². The van der Waals surface area contributed by atoms with Gasteiger partial charge in [-0.15, -0.1) is 0 Å². The molecule has 0 spiro atoms. The van der Waals surface area contributed by atoms with Crippen LogP contribution in [0.25, 0.3) is 54.7 Å². The monoisotopic (exact) mass is 643 g/mol. The Kier molecular flexibility index (Phi) is 6.90. The number of aromatic nitrogens is 2. The van der Waals surface area contributed by atoms with E-state index in [0.717, 1.165) is 37.2 Å². The van der Waals surface area contributed by atoms with Crippen LogP contribution in [0.4, 0.5) is 0 Å². The number of nitrogens with zero attached hydrogens (tertiary/aromatic N) is 3. The van der Waals surface area contributed by atoms with E-state index >= 15 is 0 Å². The molecule has 0 saturated heterocycles. The highest BCUT2D eigenvalue weighted by Gasteiger charge is 2.25. The number of aliphatic imine (C=N–C) groups is 1. The smallest absolute Gasteiger partial charge is 0.115 e. The van der Waals surface area contributed by atoms with Gasteiger partial charge in [-0.1, -0.05) is 134 Å². The number of fused-ring (bicyclic) bond motifs is 6. The molecule has 2 unspecified atom stereocenters. The van der Waals surface area contributed by atoms with Crippen molar-refractivity contribution >= 4 is 49.4 Å². The van der Waals surface area contributed by atoms with Crippen LogP contribution < -0.4 is 0 Å². The zero-order valence-corrected chi connectivity index (χ0v) is 27.9. The van der Waals surface area contributed by atoms with Crippen LogP contribution in [0.5, 0.6) is 0 Å². The first-order chi connectivity index (χ1) is 24.8. The van der Waals surface area contributed by atoms with Gasteiger partial charge >= 0.3 is 0 Å². The first-order valence-corrected chi connectivity index (χ1v) is 17.9. The summed E-state index contributed by atoms with van der Waals surface area (Å²) in [6.45, 7) is 0. The summed E-state index contributed by atoms with van der Waals surface area (Å²) in [5, 5.41) is 5.11. The maximum Gasteiger partial charge on any atom is 0.115 e. The van der Waals surface area contributed by atoms with Crippen molar-refractivity contribution < 1.29 is 0 Å². The number of allylic oxidation sites excluding steroid dienone is 8. The fourth-order valence-electron chi connectivity index (χ4n) is 8.42. The highest BCUT2D eigenvalue weighted by molar-refractivity contribution is 6.16. The molecule has 3 nitrogen and oxygen atoms in total. The molecule has 7 aromatic rings. The van der Waals surface area contributed by atoms with Gasteiger partial charge < -0.3 is 4.57 Å². The maximum absolute atomic E-state index is 5.46. The third kappa shape index (κ3) is 4.76. The van der Waals surface area contributed by atoms with Crippen LogP contribution in [-0.4, -0.2) is 15.0 Å². The number of rotatable bonds is 4. The van der Waals surface area contributed by atoms with Gasteiger partial charge in [-0.25, -0.2) is 4.99 Å². The predicted molar refractivity (Wildman–Crippen MR) is 211 cm³/mol. The number of para-hydroxylation sites is 2. The molecule has 240 valence electrons. The molecule has 0 fully saturated rings. The molecule has 1 aliphatic heterocycles. The predicted octanol–water partition coefficient (Wildman–Crippen LogP) is 12.2. The van der Waals surface area contributed by atoms with Gasteiger partial charge in [-0.3, -0.25) is 4.57 Å². The van der Waals surface area contributed by atoms with Crippen LogP contribution >= 0.6 is 0 Å². The highest BCUT2D eigenvalue weighted by Crippen LogP contribution is 2.40. The Morgan fingerprint density at radius 1 is 0.600 bits per heavy atom. The second-order valence-corrected chi connectivity index (χ2v) is 13.8. The lowest BCUT2D eigenvalue weighted by molar-refractivity contribution is 0.648. The summed E-state index contributed by atoms with van der Waals surface area (Å²) >= 11 is 0. The molecule has 50 heavy (non-hydrogen) atoms. The van der Waals surface area contributed by atoms with Crippen molar-refractivity contribution in [3.8, 4) is 11.1 Å². The van der Waals surface area contributed by atoms with Gasteiger partial charge in [0.05, 0.1) is 22.8 Å². The summed E-state index contributed by atoms with van der Waals surface area (Å²) in [4.78, 5) is 5.46. The van der Waals surface area contributed by atoms with Crippen molar-refractivity contribution in [1.29, 1.82) is 0 Å². The molecule has 0 bridgehead atoms. The molecule has 0 N–H and O–H groups in total. The molecule has 2 atom stereocenters. The highest BCUT2D eigenvalue weighted by atomic mass is 15.1. The lowest BCUT2D eigenvalue weighted by Crippen LogP contribution is -2.19. The average Bonchev–Trinajstić information content (AvgIpc) is 3.71. The summed E-state index contributed by atoms with van der Waals surface area (Å²) in [5.41, 5.74) is 11.0. The van der Waals surface area contributed by atoms with Gasteiger partial charge in [-0.05, 0) is 71.9 Å². The quantitative estimate of drug-likeness (QED) is 0.182. The first kappa shape index (κ1) is 29.0. The molecular weight excluding hydrogens is 607 g/mol. The Morgan fingerprint density at radius 3 is 2.16 bits per heavy atom. The van der Waals surface area contributed by atoms with Gasteiger partial charge in [0.2, 0.25) is 0 Å². The van der Waals surface area contributed by atoms with E-state index < -0.39 is 0 Å². The van der Waals surface area contributed by atoms with Crippen molar-refractivity contribution in [2.75, 3.05) is 0 Å². The minimum atomic E-state index is 0.239. The Hall–Kier alpha value is -5.93. The summed E-state index contributed by atoms with van der Waals surface area (Å²) < 4.78 is 4.96. The zero-order valence-electron chi connectivity index (χ0n) is 27.9. The Bertz CT molecular complexity index is 2650. The van der Waals surface area contributed by atoms with Crippen molar-refractivity contribution in [2.45, 2.75) is 37.6 Å². The van der Waals surface area contributed by atoms with Crippen LogP contribution in [0.2, 0.25) is 0 Å². The van der Waals surface area contributed by atoms with Crippen LogP contribution in [0, 0.1) is 0 Å². The first-order valence-electron chi connectivity index (χ1n) is 17.9. The SMILES string of the molecule is C1=CCC(n2c3ccccc3c3cc(-c4ccc5c6ccccc6n(C6=NC(C7=CCCC=C7)=CC(c7ccccc7)C6)c5c4)ccc32)C=C1. The minimum absolute atomic E-state index is 0.239. The van der Waals surface area contributed by atoms with E-state index in [-0.39, 0.29) is 5.92 Å². The lowest BCUT2D eigenvalue weighted by Gasteiger charge is -2.24. The summed E-state index contributed by atoms with van der Waals surface area (Å²) in [7, 11) is 0. The molecular formula is C47H37N3. The van der Waals surface area contributed by atoms with E-state index in [4.69, 9.17) is 4.99 Å². The third-order valence-electron chi connectivity index (χ3n) is 10.8. The van der Waals surface area contributed by atoms with Crippen LogP contribution in [0.3, 0.4) is 0 Å². The summed E-state index contributed by atoms with van der Waals surface area (Å²) in [6.07, 6.45) is 22.2. The normalized spacial score (nSPS) is 19.0. The number of benzene rings is 5. The zero-order chi connectivity index (χ0) is 33.0. The van der Waals surface area contributed by atoms with Gasteiger partial charge in [0, 0.05) is 44.9 Å². The fraction of sp³-hybridized carbons (Fsp3) is 0.128. The Balaban J connectivity index is 1.15. The van der Waals surface area contributed by atoms with Crippen molar-refractivity contribution in [1.82, 2.24) is 9.13 Å². The lowest BCUT2D eigenvalue weighted by atomic mass is 9.90. The molecule has 2 aliphatic carbocycles. The van der Waals surface area contributed by atoms with Gasteiger partial charge in [0.25, 0.3) is 0 Å². The van der Waals surface area contributed by atoms with Gasteiger partial charge in [-0.2, -0.15) is 0 Å². The number of hydrogen-bond donors (Lipinski definition) is 0. The molecule has 5 aromatic carbocycles. The summed E-state index contributed by atoms with van der Waals surface area (Å²) in [6, 6.07) is 42.9. The van der Waals surface area contributed by atoms with Crippen molar-refractivity contribution in [3.05, 3.63) is 181 Å². The maximum atomic E-state index is 5.46. The van der Waals surface area contributed by atoms with E-state index in [2.05, 4.69) is 173 Å². The Labute approximate surface area is 292 Å². The molecule has 3 heteroatoms. The molecule has 0 radical (unpaired) electrons. The van der Waals surface area contributed by atoms with E-state index in [1.807, 2.05) is 0 Å². The third-order valence-corrected chi connectivity index (χ3v) is 10.8. The molecule has 10 rings (SSSR count). The molecule has 2 aromatic heterocycles. The van der Waals surface area contributed by atoms with Crippen molar-refractivity contribution in [2.24, 2.45) is 4.99 Å². The molecule has 0 saturated carbocycles. The standard InChI is InChI=1S/C47H37N3/c1-4-14-32(15-5-1)36-29-42(33-16-6-2-7-17-33)48-47(31-36)50-44-23-13-10-20-38(44)40-26-24-35(30-46(40)50)34-25-27-45-41(28-34)39-21-11-12-22-43(39)49(45)37-18-8-3-9-19-37/h1,3-6,8-18,20-30,36-37H,2,7,19,31H2. The molecule has 0 amide bonds. The van der Waals surface area contributed by atoms with Gasteiger partial charge in [0.15, 0.2) is 0 Å².